The van der Waals surface area contributed by atoms with E-state index in [1.165, 1.54) is 17.6 Å². The van der Waals surface area contributed by atoms with Gasteiger partial charge in [-0.2, -0.15) is 11.3 Å². The van der Waals surface area contributed by atoms with Crippen LogP contribution in [0.15, 0.2) is 44.2 Å². The van der Waals surface area contributed by atoms with Gasteiger partial charge in [-0.05, 0) is 42.8 Å². The average molecular weight is 346 g/mol. The minimum Gasteiger partial charge on any atom is -0.466 e. The number of hydrogen-bond donors (Lipinski definition) is 2. The Labute approximate surface area is 143 Å². The molecule has 0 aliphatic carbocycles. The van der Waals surface area contributed by atoms with E-state index in [9.17, 15) is 9.90 Å². The fraction of sp³-hybridized carbons (Fsp3) is 0.294. The number of carbonyl (C=O) groups excluding carboxylic acids is 1. The molecule has 24 heavy (non-hydrogen) atoms. The van der Waals surface area contributed by atoms with Gasteiger partial charge in [0.25, 0.3) is 0 Å². The molecule has 0 radical (unpaired) electrons. The van der Waals surface area contributed by atoms with E-state index in [0.29, 0.717) is 22.8 Å². The average Bonchev–Trinajstić information content (AvgIpc) is 3.31. The Balaban J connectivity index is 1.74. The molecule has 0 fully saturated rings. The van der Waals surface area contributed by atoms with Gasteiger partial charge < -0.3 is 19.4 Å². The van der Waals surface area contributed by atoms with E-state index in [-0.39, 0.29) is 18.9 Å². The van der Waals surface area contributed by atoms with Crippen molar-refractivity contribution in [3.05, 3.63) is 63.6 Å². The number of rotatable bonds is 6. The van der Waals surface area contributed by atoms with Crippen LogP contribution in [-0.4, -0.2) is 22.7 Å². The first-order valence-corrected chi connectivity index (χ1v) is 8.42. The fourth-order valence-electron chi connectivity index (χ4n) is 2.55. The van der Waals surface area contributed by atoms with Gasteiger partial charge >= 0.3 is 0 Å². The molecular formula is C17H18N2O4S. The van der Waals surface area contributed by atoms with Crippen LogP contribution in [0.5, 0.6) is 0 Å². The van der Waals surface area contributed by atoms with Crippen molar-refractivity contribution in [3.63, 3.8) is 0 Å². The summed E-state index contributed by atoms with van der Waals surface area (Å²) in [6.07, 6.45) is 1.65. The lowest BCUT2D eigenvalue weighted by atomic mass is 9.93. The summed E-state index contributed by atoms with van der Waals surface area (Å²) in [6.45, 7) is 3.58. The second-order valence-corrected chi connectivity index (χ2v) is 6.39. The number of aliphatic hydroxyl groups is 1. The molecule has 3 aromatic heterocycles. The summed E-state index contributed by atoms with van der Waals surface area (Å²) in [5.41, 5.74) is 0.740. The third kappa shape index (κ3) is 3.13. The molecule has 1 unspecified atom stereocenters. The molecular weight excluding hydrogens is 328 g/mol. The lowest BCUT2D eigenvalue weighted by molar-refractivity contribution is -0.121. The zero-order valence-corrected chi connectivity index (χ0v) is 14.2. The predicted octanol–water partition coefficient (Wildman–Crippen LogP) is 2.54. The van der Waals surface area contributed by atoms with Gasteiger partial charge in [-0.15, -0.1) is 0 Å². The zero-order valence-electron chi connectivity index (χ0n) is 13.4. The van der Waals surface area contributed by atoms with Gasteiger partial charge in [0.05, 0.1) is 24.9 Å². The molecule has 0 aliphatic heterocycles. The van der Waals surface area contributed by atoms with Crippen molar-refractivity contribution in [1.82, 2.24) is 10.5 Å². The number of carbonyl (C=O) groups is 1. The van der Waals surface area contributed by atoms with Crippen molar-refractivity contribution in [2.75, 3.05) is 6.54 Å². The Morgan fingerprint density at radius 3 is 2.83 bits per heavy atom. The maximum absolute atomic E-state index is 12.3. The Bertz CT molecular complexity index is 752. The number of aryl methyl sites for hydroxylation is 2. The first-order chi connectivity index (χ1) is 11.5. The first-order valence-electron chi connectivity index (χ1n) is 7.48. The van der Waals surface area contributed by atoms with Gasteiger partial charge in [-0.25, -0.2) is 0 Å². The van der Waals surface area contributed by atoms with E-state index in [0.717, 1.165) is 5.56 Å². The Morgan fingerprint density at radius 2 is 2.25 bits per heavy atom. The lowest BCUT2D eigenvalue weighted by Crippen LogP contribution is -2.41. The minimum absolute atomic E-state index is 0.0133. The number of furan rings is 1. The third-order valence-corrected chi connectivity index (χ3v) is 4.67. The smallest absolute Gasteiger partial charge is 0.224 e. The molecule has 1 atom stereocenters. The highest BCUT2D eigenvalue weighted by atomic mass is 32.1. The maximum Gasteiger partial charge on any atom is 0.224 e. The molecule has 3 rings (SSSR count). The van der Waals surface area contributed by atoms with Gasteiger partial charge in [-0.3, -0.25) is 4.79 Å². The molecule has 3 heterocycles. The van der Waals surface area contributed by atoms with Crippen LogP contribution in [0.1, 0.15) is 28.3 Å². The van der Waals surface area contributed by atoms with Gasteiger partial charge in [0.2, 0.25) is 5.91 Å². The van der Waals surface area contributed by atoms with Crippen molar-refractivity contribution < 1.29 is 18.8 Å². The number of aromatic nitrogens is 1. The van der Waals surface area contributed by atoms with E-state index in [4.69, 9.17) is 8.94 Å². The SMILES string of the molecule is Cc1noc(C)c1CC(=O)NCC(O)(c1ccsc1)c1ccco1. The topological polar surface area (TPSA) is 88.5 Å². The van der Waals surface area contributed by atoms with Gasteiger partial charge in [0, 0.05) is 11.1 Å². The molecule has 6 nitrogen and oxygen atoms in total. The molecule has 0 bridgehead atoms. The van der Waals surface area contributed by atoms with E-state index in [2.05, 4.69) is 10.5 Å². The molecule has 0 saturated heterocycles. The summed E-state index contributed by atoms with van der Waals surface area (Å²) in [6, 6.07) is 5.21. The summed E-state index contributed by atoms with van der Waals surface area (Å²) in [7, 11) is 0. The van der Waals surface area contributed by atoms with Crippen molar-refractivity contribution >= 4 is 17.2 Å². The predicted molar refractivity (Wildman–Crippen MR) is 88.7 cm³/mol. The van der Waals surface area contributed by atoms with Crippen molar-refractivity contribution in [3.8, 4) is 0 Å². The fourth-order valence-corrected chi connectivity index (χ4v) is 3.27. The largest absolute Gasteiger partial charge is 0.466 e. The van der Waals surface area contributed by atoms with Crippen LogP contribution >= 0.6 is 11.3 Å². The van der Waals surface area contributed by atoms with Crippen LogP contribution in [0, 0.1) is 13.8 Å². The molecule has 2 N–H and O–H groups in total. The Hall–Kier alpha value is -2.38. The van der Waals surface area contributed by atoms with Crippen LogP contribution in [0.4, 0.5) is 0 Å². The molecule has 7 heteroatoms. The van der Waals surface area contributed by atoms with Crippen molar-refractivity contribution in [1.29, 1.82) is 0 Å². The Morgan fingerprint density at radius 1 is 1.42 bits per heavy atom. The molecule has 126 valence electrons. The highest BCUT2D eigenvalue weighted by Gasteiger charge is 2.35. The van der Waals surface area contributed by atoms with Crippen LogP contribution in [0.3, 0.4) is 0 Å². The van der Waals surface area contributed by atoms with E-state index in [1.807, 2.05) is 16.8 Å². The standard InChI is InChI=1S/C17H18N2O4S/c1-11-14(12(2)23-19-11)8-16(20)18-10-17(21,13-5-7-24-9-13)15-4-3-6-22-15/h3-7,9,21H,8,10H2,1-2H3,(H,18,20). The second kappa shape index (κ2) is 6.62. The van der Waals surface area contributed by atoms with Gasteiger partial charge in [0.1, 0.15) is 11.5 Å². The molecule has 3 aromatic rings. The molecule has 0 spiro atoms. The zero-order chi connectivity index (χ0) is 17.2. The van der Waals surface area contributed by atoms with Gasteiger partial charge in [-0.1, -0.05) is 5.16 Å². The number of nitrogens with zero attached hydrogens (tertiary/aromatic N) is 1. The van der Waals surface area contributed by atoms with E-state index in [1.54, 1.807) is 26.0 Å². The lowest BCUT2D eigenvalue weighted by Gasteiger charge is -2.25. The summed E-state index contributed by atoms with van der Waals surface area (Å²) < 4.78 is 10.4. The molecule has 0 aliphatic rings. The number of nitrogens with one attached hydrogen (secondary N) is 1. The number of hydrogen-bond acceptors (Lipinski definition) is 6. The van der Waals surface area contributed by atoms with Crippen LogP contribution in [0.2, 0.25) is 0 Å². The monoisotopic (exact) mass is 346 g/mol. The van der Waals surface area contributed by atoms with Crippen LogP contribution in [0.25, 0.3) is 0 Å². The molecule has 0 aromatic carbocycles. The quantitative estimate of drug-likeness (QED) is 0.716. The Kier molecular flexibility index (Phi) is 4.55. The van der Waals surface area contributed by atoms with Crippen molar-refractivity contribution in [2.24, 2.45) is 0 Å². The third-order valence-electron chi connectivity index (χ3n) is 3.99. The highest BCUT2D eigenvalue weighted by molar-refractivity contribution is 7.08. The first kappa shape index (κ1) is 16.5. The summed E-state index contributed by atoms with van der Waals surface area (Å²) in [5.74, 6) is 0.796. The normalized spacial score (nSPS) is 13.6. The highest BCUT2D eigenvalue weighted by Crippen LogP contribution is 2.31. The minimum atomic E-state index is -1.40. The summed E-state index contributed by atoms with van der Waals surface area (Å²) >= 11 is 1.47. The van der Waals surface area contributed by atoms with Crippen LogP contribution in [-0.2, 0) is 16.8 Å². The van der Waals surface area contributed by atoms with E-state index < -0.39 is 5.60 Å². The molecule has 0 saturated carbocycles. The van der Waals surface area contributed by atoms with Crippen LogP contribution < -0.4 is 5.32 Å². The number of thiophene rings is 1. The number of amides is 1. The molecule has 1 amide bonds. The summed E-state index contributed by atoms with van der Waals surface area (Å²) in [5, 5.41) is 21.4. The van der Waals surface area contributed by atoms with Crippen molar-refractivity contribution in [2.45, 2.75) is 25.9 Å². The second-order valence-electron chi connectivity index (χ2n) is 5.61. The maximum atomic E-state index is 12.3. The van der Waals surface area contributed by atoms with E-state index >= 15 is 0 Å². The van der Waals surface area contributed by atoms with Gasteiger partial charge in [0.15, 0.2) is 5.60 Å². The summed E-state index contributed by atoms with van der Waals surface area (Å²) in [4.78, 5) is 12.3.